The van der Waals surface area contributed by atoms with Crippen molar-refractivity contribution in [3.05, 3.63) is 75.4 Å². The molecular formula is C20H13Cl2N3O2S. The van der Waals surface area contributed by atoms with Crippen molar-refractivity contribution in [1.82, 2.24) is 9.88 Å². The average molecular weight is 430 g/mol. The molecule has 0 saturated carbocycles. The summed E-state index contributed by atoms with van der Waals surface area (Å²) in [5, 5.41) is 1.66. The van der Waals surface area contributed by atoms with Gasteiger partial charge >= 0.3 is 0 Å². The lowest BCUT2D eigenvalue weighted by atomic mass is 10.2. The highest BCUT2D eigenvalue weighted by atomic mass is 35.5. The number of nitrogens with zero attached hydrogens (tertiary/aromatic N) is 3. The monoisotopic (exact) mass is 429 g/mol. The molecule has 140 valence electrons. The first kappa shape index (κ1) is 18.8. The first-order valence-electron chi connectivity index (χ1n) is 8.24. The Morgan fingerprint density at radius 3 is 2.82 bits per heavy atom. The molecule has 3 aromatic rings. The number of hydrogen-bond acceptors (Lipinski definition) is 5. The Morgan fingerprint density at radius 1 is 1.18 bits per heavy atom. The zero-order valence-electron chi connectivity index (χ0n) is 14.6. The molecule has 4 rings (SSSR count). The molecule has 0 N–H and O–H groups in total. The van der Waals surface area contributed by atoms with Crippen LogP contribution in [0, 0.1) is 0 Å². The molecule has 0 atom stereocenters. The average Bonchev–Trinajstić information content (AvgIpc) is 3.26. The van der Waals surface area contributed by atoms with Crippen molar-refractivity contribution in [2.45, 2.75) is 0 Å². The van der Waals surface area contributed by atoms with E-state index in [9.17, 15) is 4.79 Å². The fraction of sp³-hybridized carbons (Fsp3) is 0.0500. The molecule has 3 heterocycles. The first-order valence-corrected chi connectivity index (χ1v) is 9.81. The summed E-state index contributed by atoms with van der Waals surface area (Å²) in [6.45, 7) is 0. The van der Waals surface area contributed by atoms with Crippen LogP contribution in [0.3, 0.4) is 0 Å². The van der Waals surface area contributed by atoms with E-state index in [1.165, 1.54) is 16.7 Å². The summed E-state index contributed by atoms with van der Waals surface area (Å²) in [6.07, 6.45) is 3.34. The number of thioether (sulfide) groups is 1. The Balaban J connectivity index is 1.61. The second-order valence-corrected chi connectivity index (χ2v) is 7.74. The van der Waals surface area contributed by atoms with Gasteiger partial charge in [-0.25, -0.2) is 9.98 Å². The highest BCUT2D eigenvalue weighted by Gasteiger charge is 2.30. The molecule has 0 unspecified atom stereocenters. The summed E-state index contributed by atoms with van der Waals surface area (Å²) in [5.74, 6) is 1.50. The summed E-state index contributed by atoms with van der Waals surface area (Å²) >= 11 is 13.5. The van der Waals surface area contributed by atoms with Crippen molar-refractivity contribution in [2.24, 2.45) is 4.99 Å². The van der Waals surface area contributed by atoms with E-state index in [1.54, 1.807) is 55.7 Å². The van der Waals surface area contributed by atoms with Crippen molar-refractivity contribution >= 4 is 57.9 Å². The van der Waals surface area contributed by atoms with Crippen LogP contribution in [0.25, 0.3) is 17.4 Å². The van der Waals surface area contributed by atoms with Crippen molar-refractivity contribution in [1.29, 1.82) is 0 Å². The molecule has 2 aromatic heterocycles. The van der Waals surface area contributed by atoms with Gasteiger partial charge in [0.25, 0.3) is 5.91 Å². The highest BCUT2D eigenvalue weighted by Crippen LogP contribution is 2.35. The Hall–Kier alpha value is -2.54. The van der Waals surface area contributed by atoms with Crippen molar-refractivity contribution in [3.63, 3.8) is 0 Å². The smallest absolute Gasteiger partial charge is 0.266 e. The second kappa shape index (κ2) is 7.83. The van der Waals surface area contributed by atoms with Crippen LogP contribution in [0.15, 0.2) is 69.0 Å². The molecule has 28 heavy (non-hydrogen) atoms. The number of amidine groups is 1. The van der Waals surface area contributed by atoms with Crippen LogP contribution in [0.5, 0.6) is 0 Å². The van der Waals surface area contributed by atoms with Gasteiger partial charge in [0.15, 0.2) is 11.0 Å². The van der Waals surface area contributed by atoms with E-state index >= 15 is 0 Å². The van der Waals surface area contributed by atoms with E-state index in [2.05, 4.69) is 9.98 Å². The van der Waals surface area contributed by atoms with Crippen LogP contribution in [0.2, 0.25) is 10.0 Å². The van der Waals surface area contributed by atoms with Crippen LogP contribution >= 0.6 is 35.0 Å². The highest BCUT2D eigenvalue weighted by molar-refractivity contribution is 8.18. The molecule has 1 aliphatic rings. The third kappa shape index (κ3) is 3.85. The topological polar surface area (TPSA) is 58.7 Å². The lowest BCUT2D eigenvalue weighted by molar-refractivity contribution is -0.121. The molecule has 8 heteroatoms. The van der Waals surface area contributed by atoms with Gasteiger partial charge in [-0.15, -0.1) is 0 Å². The van der Waals surface area contributed by atoms with Crippen LogP contribution in [0.4, 0.5) is 5.82 Å². The van der Waals surface area contributed by atoms with E-state index < -0.39 is 0 Å². The summed E-state index contributed by atoms with van der Waals surface area (Å²) < 4.78 is 5.85. The first-order chi connectivity index (χ1) is 13.5. The quantitative estimate of drug-likeness (QED) is 0.487. The van der Waals surface area contributed by atoms with E-state index in [0.717, 1.165) is 0 Å². The van der Waals surface area contributed by atoms with Crippen LogP contribution in [0.1, 0.15) is 5.76 Å². The number of aromatic nitrogens is 1. The normalized spacial score (nSPS) is 17.1. The minimum absolute atomic E-state index is 0.154. The third-order valence-electron chi connectivity index (χ3n) is 3.96. The molecule has 1 aromatic carbocycles. The Morgan fingerprint density at radius 2 is 2.04 bits per heavy atom. The van der Waals surface area contributed by atoms with Gasteiger partial charge < -0.3 is 4.42 Å². The van der Waals surface area contributed by atoms with Gasteiger partial charge in [0.05, 0.1) is 9.93 Å². The van der Waals surface area contributed by atoms with Crippen LogP contribution < -0.4 is 0 Å². The van der Waals surface area contributed by atoms with Gasteiger partial charge in [0.2, 0.25) is 0 Å². The molecule has 0 aliphatic carbocycles. The van der Waals surface area contributed by atoms with Gasteiger partial charge in [-0.3, -0.25) is 9.69 Å². The Kier molecular flexibility index (Phi) is 5.26. The van der Waals surface area contributed by atoms with Crippen molar-refractivity contribution in [3.8, 4) is 11.3 Å². The predicted octanol–water partition coefficient (Wildman–Crippen LogP) is 5.88. The van der Waals surface area contributed by atoms with E-state index in [-0.39, 0.29) is 5.91 Å². The fourth-order valence-electron chi connectivity index (χ4n) is 2.56. The van der Waals surface area contributed by atoms with E-state index in [1.807, 2.05) is 12.1 Å². The van der Waals surface area contributed by atoms with Gasteiger partial charge in [0, 0.05) is 29.9 Å². The molecule has 0 spiro atoms. The minimum Gasteiger partial charge on any atom is -0.457 e. The molecule has 0 radical (unpaired) electrons. The van der Waals surface area contributed by atoms with E-state index in [0.29, 0.717) is 43.0 Å². The summed E-state index contributed by atoms with van der Waals surface area (Å²) in [6, 6.07) is 14.2. The zero-order valence-corrected chi connectivity index (χ0v) is 16.9. The Bertz CT molecular complexity index is 1110. The second-order valence-electron chi connectivity index (χ2n) is 5.88. The maximum atomic E-state index is 12.5. The number of amides is 1. The van der Waals surface area contributed by atoms with Crippen molar-refractivity contribution < 1.29 is 9.21 Å². The summed E-state index contributed by atoms with van der Waals surface area (Å²) in [5.41, 5.74) is 0.693. The number of aliphatic imine (C=N–C) groups is 1. The van der Waals surface area contributed by atoms with Crippen LogP contribution in [-0.2, 0) is 4.79 Å². The lowest BCUT2D eigenvalue weighted by Gasteiger charge is -2.06. The van der Waals surface area contributed by atoms with Gasteiger partial charge in [-0.05, 0) is 54.2 Å². The third-order valence-corrected chi connectivity index (χ3v) is 5.58. The number of pyridine rings is 1. The molecule has 0 bridgehead atoms. The number of rotatable bonds is 3. The largest absolute Gasteiger partial charge is 0.457 e. The molecule has 1 aliphatic heterocycles. The maximum absolute atomic E-state index is 12.5. The molecule has 1 amide bonds. The molecule has 5 nitrogen and oxygen atoms in total. The molecule has 1 saturated heterocycles. The maximum Gasteiger partial charge on any atom is 0.266 e. The standard InChI is InChI=1S/C20H13Cl2N3O2S/c1-25-19(26)17(28-20(25)24-18-4-2-3-9-23-18)11-13-6-8-16(27-13)14-10-12(21)5-7-15(14)22/h2-11H,1H3/b17-11+,24-20+. The molecular weight excluding hydrogens is 417 g/mol. The number of benzene rings is 1. The number of hydrogen-bond donors (Lipinski definition) is 0. The van der Waals surface area contributed by atoms with Gasteiger partial charge in [-0.2, -0.15) is 0 Å². The fourth-order valence-corrected chi connectivity index (χ4v) is 3.90. The summed E-state index contributed by atoms with van der Waals surface area (Å²) in [7, 11) is 1.68. The number of carbonyl (C=O) groups is 1. The van der Waals surface area contributed by atoms with E-state index in [4.69, 9.17) is 27.6 Å². The SMILES string of the molecule is CN1C(=O)/C(=C\c2ccc(-c3cc(Cl)ccc3Cl)o2)S/C1=N/c1ccccn1. The number of likely N-dealkylation sites (N-methyl/N-ethyl adjacent to an activating group) is 1. The number of halogens is 2. The Labute approximate surface area is 175 Å². The van der Waals surface area contributed by atoms with Gasteiger partial charge in [-0.1, -0.05) is 29.3 Å². The number of carbonyl (C=O) groups excluding carboxylic acids is 1. The van der Waals surface area contributed by atoms with Gasteiger partial charge in [0.1, 0.15) is 11.5 Å². The summed E-state index contributed by atoms with van der Waals surface area (Å²) in [4.78, 5) is 23.1. The molecule has 1 fully saturated rings. The predicted molar refractivity (Wildman–Crippen MR) is 114 cm³/mol. The minimum atomic E-state index is -0.154. The number of furan rings is 1. The van der Waals surface area contributed by atoms with Crippen LogP contribution in [-0.4, -0.2) is 28.0 Å². The van der Waals surface area contributed by atoms with Crippen molar-refractivity contribution in [2.75, 3.05) is 7.05 Å². The zero-order chi connectivity index (χ0) is 19.7. The lowest BCUT2D eigenvalue weighted by Crippen LogP contribution is -2.23.